The van der Waals surface area contributed by atoms with Crippen LogP contribution in [-0.4, -0.2) is 37.1 Å². The van der Waals surface area contributed by atoms with Crippen LogP contribution >= 0.6 is 0 Å². The van der Waals surface area contributed by atoms with E-state index in [1.165, 1.54) is 30.3 Å². The second-order valence-electron chi connectivity index (χ2n) is 7.81. The molecule has 0 saturated heterocycles. The molecule has 2 amide bonds. The minimum absolute atomic E-state index is 0.100. The minimum atomic E-state index is -4.52. The summed E-state index contributed by atoms with van der Waals surface area (Å²) in [6.07, 6.45) is -3.72. The van der Waals surface area contributed by atoms with E-state index < -0.39 is 33.3 Å². The van der Waals surface area contributed by atoms with Crippen LogP contribution in [0.1, 0.15) is 18.5 Å². The molecule has 0 bridgehead atoms. The van der Waals surface area contributed by atoms with Crippen LogP contribution in [0.25, 0.3) is 11.4 Å². The molecule has 178 valence electrons. The number of alkyl halides is 3. The van der Waals surface area contributed by atoms with Crippen LogP contribution < -0.4 is 16.4 Å². The van der Waals surface area contributed by atoms with E-state index in [-0.39, 0.29) is 22.2 Å². The van der Waals surface area contributed by atoms with Gasteiger partial charge in [-0.05, 0) is 49.2 Å². The monoisotopic (exact) mass is 491 g/mol. The standard InChI is InChI=1S/C22H20F3N5O3S/c23-22(24,25)13-27-20(31)28-15-8-6-14(7-9-15)19-29-17(12-18(26)30-19)21(10-11-21)34(32,33)16-4-2-1-3-5-16/h1-9,12H,10-11,13H2,(H2,26,29,30)(H2,27,28,31). The van der Waals surface area contributed by atoms with Gasteiger partial charge in [0.05, 0.1) is 10.6 Å². The van der Waals surface area contributed by atoms with Crippen molar-refractivity contribution in [3.63, 3.8) is 0 Å². The first-order valence-corrected chi connectivity index (χ1v) is 11.7. The topological polar surface area (TPSA) is 127 Å². The molecule has 1 fully saturated rings. The van der Waals surface area contributed by atoms with Gasteiger partial charge in [0.2, 0.25) is 0 Å². The Balaban J connectivity index is 1.57. The summed E-state index contributed by atoms with van der Waals surface area (Å²) in [7, 11) is -3.71. The summed E-state index contributed by atoms with van der Waals surface area (Å²) in [5.41, 5.74) is 7.00. The predicted octanol–water partition coefficient (Wildman–Crippen LogP) is 3.87. The highest BCUT2D eigenvalue weighted by Crippen LogP contribution is 2.54. The SMILES string of the molecule is Nc1cc(C2(S(=O)(=O)c3ccccc3)CC2)nc(-c2ccc(NC(=O)NCC(F)(F)F)cc2)n1. The molecule has 1 aliphatic carbocycles. The lowest BCUT2D eigenvalue weighted by Gasteiger charge is -2.17. The smallest absolute Gasteiger partial charge is 0.384 e. The fourth-order valence-electron chi connectivity index (χ4n) is 3.49. The van der Waals surface area contributed by atoms with Crippen molar-refractivity contribution >= 4 is 27.4 Å². The van der Waals surface area contributed by atoms with Gasteiger partial charge in [-0.15, -0.1) is 0 Å². The third-order valence-electron chi connectivity index (χ3n) is 5.34. The second kappa shape index (κ2) is 8.60. The average Bonchev–Trinajstić information content (AvgIpc) is 3.61. The van der Waals surface area contributed by atoms with Gasteiger partial charge in [-0.25, -0.2) is 23.2 Å². The Kier molecular flexibility index (Phi) is 5.94. The van der Waals surface area contributed by atoms with Crippen molar-refractivity contribution in [2.45, 2.75) is 28.7 Å². The molecule has 0 spiro atoms. The highest BCUT2D eigenvalue weighted by molar-refractivity contribution is 7.92. The van der Waals surface area contributed by atoms with E-state index >= 15 is 0 Å². The number of hydrogen-bond acceptors (Lipinski definition) is 6. The van der Waals surface area contributed by atoms with Crippen LogP contribution in [0.5, 0.6) is 0 Å². The Morgan fingerprint density at radius 2 is 1.68 bits per heavy atom. The molecule has 4 N–H and O–H groups in total. The summed E-state index contributed by atoms with van der Waals surface area (Å²) in [6.45, 7) is -1.45. The summed E-state index contributed by atoms with van der Waals surface area (Å²) in [6, 6.07) is 14.6. The number of aromatic nitrogens is 2. The highest BCUT2D eigenvalue weighted by atomic mass is 32.2. The van der Waals surface area contributed by atoms with Crippen LogP contribution in [0.15, 0.2) is 65.6 Å². The molecule has 1 saturated carbocycles. The van der Waals surface area contributed by atoms with Gasteiger partial charge in [-0.1, -0.05) is 18.2 Å². The Bertz CT molecular complexity index is 1310. The van der Waals surface area contributed by atoms with Crippen LogP contribution in [0.2, 0.25) is 0 Å². The molecule has 1 aliphatic rings. The maximum atomic E-state index is 13.3. The van der Waals surface area contributed by atoms with Crippen molar-refractivity contribution in [1.29, 1.82) is 0 Å². The minimum Gasteiger partial charge on any atom is -0.384 e. The number of anilines is 2. The number of rotatable bonds is 6. The lowest BCUT2D eigenvalue weighted by atomic mass is 10.1. The Morgan fingerprint density at radius 3 is 2.26 bits per heavy atom. The molecule has 4 rings (SSSR count). The molecule has 0 aliphatic heterocycles. The zero-order chi connectivity index (χ0) is 24.6. The number of benzene rings is 2. The summed E-state index contributed by atoms with van der Waals surface area (Å²) in [4.78, 5) is 20.5. The predicted molar refractivity (Wildman–Crippen MR) is 119 cm³/mol. The Morgan fingerprint density at radius 1 is 1.03 bits per heavy atom. The maximum Gasteiger partial charge on any atom is 0.405 e. The second-order valence-corrected chi connectivity index (χ2v) is 10.1. The number of carbonyl (C=O) groups excluding carboxylic acids is 1. The van der Waals surface area contributed by atoms with E-state index in [1.54, 1.807) is 35.6 Å². The van der Waals surface area contributed by atoms with Crippen molar-refractivity contribution in [1.82, 2.24) is 15.3 Å². The summed E-state index contributed by atoms with van der Waals surface area (Å²) in [5, 5.41) is 4.00. The largest absolute Gasteiger partial charge is 0.405 e. The van der Waals surface area contributed by atoms with Crippen LogP contribution in [0, 0.1) is 0 Å². The first kappa shape index (κ1) is 23.5. The zero-order valence-corrected chi connectivity index (χ0v) is 18.4. The summed E-state index contributed by atoms with van der Waals surface area (Å²) < 4.78 is 62.1. The third kappa shape index (κ3) is 4.81. The van der Waals surface area contributed by atoms with Gasteiger partial charge >= 0.3 is 12.2 Å². The fraction of sp³-hybridized carbons (Fsp3) is 0.227. The molecule has 12 heteroatoms. The van der Waals surface area contributed by atoms with Crippen LogP contribution in [-0.2, 0) is 14.6 Å². The molecule has 3 aromatic rings. The number of urea groups is 1. The van der Waals surface area contributed by atoms with E-state index in [0.29, 0.717) is 24.1 Å². The molecule has 0 radical (unpaired) electrons. The number of sulfone groups is 1. The Hall–Kier alpha value is -3.67. The molecule has 0 atom stereocenters. The fourth-order valence-corrected chi connectivity index (χ4v) is 5.47. The van der Waals surface area contributed by atoms with Gasteiger partial charge in [0.25, 0.3) is 0 Å². The van der Waals surface area contributed by atoms with Gasteiger partial charge in [-0.2, -0.15) is 13.2 Å². The number of hydrogen-bond donors (Lipinski definition) is 3. The van der Waals surface area contributed by atoms with Crippen molar-refractivity contribution in [3.05, 3.63) is 66.4 Å². The van der Waals surface area contributed by atoms with Crippen molar-refractivity contribution in [3.8, 4) is 11.4 Å². The van der Waals surface area contributed by atoms with Crippen LogP contribution in [0.3, 0.4) is 0 Å². The van der Waals surface area contributed by atoms with E-state index in [4.69, 9.17) is 5.73 Å². The van der Waals surface area contributed by atoms with Gasteiger partial charge in [0, 0.05) is 17.3 Å². The molecule has 2 aromatic carbocycles. The lowest BCUT2D eigenvalue weighted by Crippen LogP contribution is -2.36. The molecule has 8 nitrogen and oxygen atoms in total. The molecule has 0 unspecified atom stereocenters. The molecule has 1 aromatic heterocycles. The number of nitrogens with one attached hydrogen (secondary N) is 2. The molecular weight excluding hydrogens is 471 g/mol. The quantitative estimate of drug-likeness (QED) is 0.480. The normalized spacial score (nSPS) is 14.9. The van der Waals surface area contributed by atoms with E-state index in [1.807, 2.05) is 0 Å². The average molecular weight is 491 g/mol. The van der Waals surface area contributed by atoms with Gasteiger partial charge in [0.15, 0.2) is 15.7 Å². The van der Waals surface area contributed by atoms with E-state index in [9.17, 15) is 26.4 Å². The number of halogens is 3. The highest BCUT2D eigenvalue weighted by Gasteiger charge is 2.57. The van der Waals surface area contributed by atoms with Crippen LogP contribution in [0.4, 0.5) is 29.5 Å². The lowest BCUT2D eigenvalue weighted by molar-refractivity contribution is -0.122. The third-order valence-corrected chi connectivity index (χ3v) is 7.87. The van der Waals surface area contributed by atoms with Gasteiger partial charge in [0.1, 0.15) is 17.1 Å². The zero-order valence-electron chi connectivity index (χ0n) is 17.6. The number of carbonyl (C=O) groups is 1. The van der Waals surface area contributed by atoms with Crippen molar-refractivity contribution in [2.75, 3.05) is 17.6 Å². The molecule has 1 heterocycles. The molecule has 34 heavy (non-hydrogen) atoms. The summed E-state index contributed by atoms with van der Waals surface area (Å²) in [5.74, 6) is 0.292. The Labute approximate surface area is 193 Å². The van der Waals surface area contributed by atoms with Crippen molar-refractivity contribution in [2.24, 2.45) is 0 Å². The summed E-state index contributed by atoms with van der Waals surface area (Å²) >= 11 is 0. The first-order chi connectivity index (χ1) is 16.0. The number of nitrogens with zero attached hydrogens (tertiary/aromatic N) is 2. The van der Waals surface area contributed by atoms with Gasteiger partial charge < -0.3 is 16.4 Å². The molecular formula is C22H20F3N5O3S. The number of amides is 2. The van der Waals surface area contributed by atoms with Crippen molar-refractivity contribution < 1.29 is 26.4 Å². The first-order valence-electron chi connectivity index (χ1n) is 10.2. The number of nitrogen functional groups attached to an aromatic ring is 1. The van der Waals surface area contributed by atoms with E-state index in [0.717, 1.165) is 0 Å². The number of nitrogens with two attached hydrogens (primary N) is 1. The van der Waals surface area contributed by atoms with E-state index in [2.05, 4.69) is 15.3 Å². The maximum absolute atomic E-state index is 13.3. The van der Waals surface area contributed by atoms with Gasteiger partial charge in [-0.3, -0.25) is 0 Å².